The molecule has 12 heavy (non-hydrogen) atoms. The van der Waals surface area contributed by atoms with Crippen LogP contribution in [0, 0.1) is 6.92 Å². The molecule has 0 aliphatic carbocycles. The Morgan fingerprint density at radius 1 is 1.67 bits per heavy atom. The summed E-state index contributed by atoms with van der Waals surface area (Å²) in [5, 5.41) is 7.26. The van der Waals surface area contributed by atoms with Crippen LogP contribution in [-0.4, -0.2) is 21.1 Å². The minimum atomic E-state index is -0.499. The highest BCUT2D eigenvalue weighted by atomic mass is 32.1. The van der Waals surface area contributed by atoms with Gasteiger partial charge in [-0.2, -0.15) is 5.10 Å². The Kier molecular flexibility index (Phi) is 1.37. The highest BCUT2D eigenvalue weighted by Crippen LogP contribution is 2.22. The number of H-pyrrole nitrogens is 1. The molecule has 5 nitrogen and oxygen atoms in total. The van der Waals surface area contributed by atoms with E-state index in [-0.39, 0.29) is 0 Å². The number of carbonyl (C=O) groups excluding carboxylic acids is 1. The zero-order valence-corrected chi connectivity index (χ0v) is 7.10. The maximum atomic E-state index is 10.8. The molecule has 6 heteroatoms. The van der Waals surface area contributed by atoms with Gasteiger partial charge in [0.15, 0.2) is 5.65 Å². The fourth-order valence-corrected chi connectivity index (χ4v) is 1.84. The molecular weight excluding hydrogens is 176 g/mol. The van der Waals surface area contributed by atoms with Crippen molar-refractivity contribution in [3.05, 3.63) is 10.7 Å². The van der Waals surface area contributed by atoms with Gasteiger partial charge in [0.25, 0.3) is 5.91 Å². The van der Waals surface area contributed by atoms with Gasteiger partial charge in [0.05, 0.1) is 5.01 Å². The minimum Gasteiger partial charge on any atom is -0.364 e. The number of thiazole rings is 1. The molecule has 0 bridgehead atoms. The van der Waals surface area contributed by atoms with E-state index < -0.39 is 5.91 Å². The molecule has 2 aromatic rings. The summed E-state index contributed by atoms with van der Waals surface area (Å²) in [6, 6.07) is 0. The first-order valence-corrected chi connectivity index (χ1v) is 4.11. The minimum absolute atomic E-state index is 0.343. The molecule has 0 spiro atoms. The van der Waals surface area contributed by atoms with Crippen LogP contribution in [-0.2, 0) is 0 Å². The van der Waals surface area contributed by atoms with Crippen LogP contribution in [0.15, 0.2) is 0 Å². The molecule has 0 radical (unpaired) electrons. The monoisotopic (exact) mass is 182 g/mol. The van der Waals surface area contributed by atoms with Crippen molar-refractivity contribution >= 4 is 27.6 Å². The summed E-state index contributed by atoms with van der Waals surface area (Å²) >= 11 is 1.41. The van der Waals surface area contributed by atoms with Crippen molar-refractivity contribution < 1.29 is 4.79 Å². The highest BCUT2D eigenvalue weighted by Gasteiger charge is 2.13. The van der Waals surface area contributed by atoms with Gasteiger partial charge >= 0.3 is 0 Å². The second-order valence-electron chi connectivity index (χ2n) is 2.35. The average Bonchev–Trinajstić information content (AvgIpc) is 2.43. The number of primary amides is 1. The highest BCUT2D eigenvalue weighted by molar-refractivity contribution is 7.18. The molecule has 0 saturated heterocycles. The third-order valence-corrected chi connectivity index (χ3v) is 2.44. The zero-order chi connectivity index (χ0) is 8.72. The van der Waals surface area contributed by atoms with Gasteiger partial charge in [-0.1, -0.05) is 0 Å². The Morgan fingerprint density at radius 3 is 3.08 bits per heavy atom. The van der Waals surface area contributed by atoms with E-state index in [2.05, 4.69) is 15.2 Å². The number of aromatic nitrogens is 3. The Bertz CT molecular complexity index is 443. The van der Waals surface area contributed by atoms with Crippen molar-refractivity contribution in [3.8, 4) is 0 Å². The van der Waals surface area contributed by atoms with E-state index in [0.29, 0.717) is 11.3 Å². The number of nitrogens with one attached hydrogen (secondary N) is 1. The molecule has 2 rings (SSSR count). The van der Waals surface area contributed by atoms with Crippen LogP contribution in [0.1, 0.15) is 15.5 Å². The lowest BCUT2D eigenvalue weighted by atomic mass is 10.4. The number of hydrogen-bond acceptors (Lipinski definition) is 4. The molecule has 0 aliphatic heterocycles. The van der Waals surface area contributed by atoms with E-state index >= 15 is 0 Å². The number of carbonyl (C=O) groups is 1. The van der Waals surface area contributed by atoms with Crippen molar-refractivity contribution in [2.24, 2.45) is 5.73 Å². The topological polar surface area (TPSA) is 84.7 Å². The molecule has 0 fully saturated rings. The van der Waals surface area contributed by atoms with Gasteiger partial charge in [0, 0.05) is 0 Å². The maximum Gasteiger partial charge on any atom is 0.268 e. The Labute approximate surface area is 71.6 Å². The Hall–Kier alpha value is -1.43. The average molecular weight is 182 g/mol. The number of hydrogen-bond donors (Lipinski definition) is 2. The van der Waals surface area contributed by atoms with Crippen molar-refractivity contribution in [3.63, 3.8) is 0 Å². The first kappa shape index (κ1) is 7.23. The van der Waals surface area contributed by atoms with Crippen LogP contribution in [0.25, 0.3) is 10.3 Å². The summed E-state index contributed by atoms with van der Waals surface area (Å²) < 4.78 is 0.736. The van der Waals surface area contributed by atoms with Crippen molar-refractivity contribution in [1.82, 2.24) is 15.2 Å². The molecule has 62 valence electrons. The molecule has 3 N–H and O–H groups in total. The van der Waals surface area contributed by atoms with Crippen molar-refractivity contribution in [2.45, 2.75) is 6.92 Å². The molecule has 2 aromatic heterocycles. The quantitative estimate of drug-likeness (QED) is 0.670. The molecule has 0 aromatic carbocycles. The summed E-state index contributed by atoms with van der Waals surface area (Å²) in [4.78, 5) is 14.9. The van der Waals surface area contributed by atoms with Crippen LogP contribution < -0.4 is 5.73 Å². The van der Waals surface area contributed by atoms with Crippen LogP contribution in [0.4, 0.5) is 0 Å². The van der Waals surface area contributed by atoms with Gasteiger partial charge in [-0.05, 0) is 6.92 Å². The zero-order valence-electron chi connectivity index (χ0n) is 6.29. The van der Waals surface area contributed by atoms with Gasteiger partial charge < -0.3 is 5.73 Å². The number of aryl methyl sites for hydroxylation is 1. The fraction of sp³-hybridized carbons (Fsp3) is 0.167. The van der Waals surface area contributed by atoms with Gasteiger partial charge in [-0.15, -0.1) is 11.3 Å². The van der Waals surface area contributed by atoms with E-state index in [1.54, 1.807) is 0 Å². The normalized spacial score (nSPS) is 10.8. The van der Waals surface area contributed by atoms with Gasteiger partial charge in [-0.3, -0.25) is 9.89 Å². The molecule has 0 atom stereocenters. The first-order chi connectivity index (χ1) is 5.68. The SMILES string of the molecule is Cc1nc2n[nH]c(C(N)=O)c2s1. The summed E-state index contributed by atoms with van der Waals surface area (Å²) in [5.74, 6) is -0.499. The number of amides is 1. The second-order valence-corrected chi connectivity index (χ2v) is 3.55. The lowest BCUT2D eigenvalue weighted by Crippen LogP contribution is -2.11. The summed E-state index contributed by atoms with van der Waals surface area (Å²) in [7, 11) is 0. The van der Waals surface area contributed by atoms with E-state index in [1.807, 2.05) is 6.92 Å². The largest absolute Gasteiger partial charge is 0.364 e. The fourth-order valence-electron chi connectivity index (χ4n) is 0.981. The molecule has 0 aliphatic rings. The van der Waals surface area contributed by atoms with Crippen molar-refractivity contribution in [2.75, 3.05) is 0 Å². The Balaban J connectivity index is 2.76. The van der Waals surface area contributed by atoms with Gasteiger partial charge in [-0.25, -0.2) is 4.98 Å². The smallest absolute Gasteiger partial charge is 0.268 e. The molecule has 0 unspecified atom stereocenters. The third kappa shape index (κ3) is 0.884. The van der Waals surface area contributed by atoms with E-state index in [1.165, 1.54) is 11.3 Å². The number of aromatic amines is 1. The van der Waals surface area contributed by atoms with Crippen LogP contribution >= 0.6 is 11.3 Å². The van der Waals surface area contributed by atoms with Crippen LogP contribution in [0.5, 0.6) is 0 Å². The Morgan fingerprint density at radius 2 is 2.42 bits per heavy atom. The molecule has 2 heterocycles. The number of fused-ring (bicyclic) bond motifs is 1. The molecular formula is C6H6N4OS. The van der Waals surface area contributed by atoms with Crippen molar-refractivity contribution in [1.29, 1.82) is 0 Å². The number of nitrogens with two attached hydrogens (primary N) is 1. The van der Waals surface area contributed by atoms with Gasteiger partial charge in [0.1, 0.15) is 10.4 Å². The lowest BCUT2D eigenvalue weighted by Gasteiger charge is -1.84. The van der Waals surface area contributed by atoms with E-state index in [9.17, 15) is 4.79 Å². The van der Waals surface area contributed by atoms with E-state index in [4.69, 9.17) is 5.73 Å². The second kappa shape index (κ2) is 2.28. The third-order valence-electron chi connectivity index (χ3n) is 1.46. The molecule has 1 amide bonds. The van der Waals surface area contributed by atoms with Crippen LogP contribution in [0.3, 0.4) is 0 Å². The first-order valence-electron chi connectivity index (χ1n) is 3.30. The maximum absolute atomic E-state index is 10.8. The molecule has 0 saturated carbocycles. The standard InChI is InChI=1S/C6H6N4OS/c1-2-8-6-4(12-2)3(5(7)11)9-10-6/h1H3,(H2,7,11)(H,9,10). The summed E-state index contributed by atoms with van der Waals surface area (Å²) in [6.07, 6.45) is 0. The van der Waals surface area contributed by atoms with Gasteiger partial charge in [0.2, 0.25) is 0 Å². The summed E-state index contributed by atoms with van der Waals surface area (Å²) in [5.41, 5.74) is 6.01. The van der Waals surface area contributed by atoms with Crippen LogP contribution in [0.2, 0.25) is 0 Å². The summed E-state index contributed by atoms with van der Waals surface area (Å²) in [6.45, 7) is 1.86. The number of nitrogens with zero attached hydrogens (tertiary/aromatic N) is 2. The van der Waals surface area contributed by atoms with E-state index in [0.717, 1.165) is 9.71 Å². The predicted molar refractivity (Wildman–Crippen MR) is 45.0 cm³/mol. The number of rotatable bonds is 1. The predicted octanol–water partition coefficient (Wildman–Crippen LogP) is 0.427. The lowest BCUT2D eigenvalue weighted by molar-refractivity contribution is 0.0997.